The van der Waals surface area contributed by atoms with E-state index < -0.39 is 5.97 Å². The summed E-state index contributed by atoms with van der Waals surface area (Å²) in [5.41, 5.74) is 3.39. The molecule has 0 fully saturated rings. The number of aromatic hydroxyl groups is 1. The van der Waals surface area contributed by atoms with Crippen molar-refractivity contribution in [3.05, 3.63) is 50.0 Å². The molecule has 164 valence electrons. The molecule has 0 bridgehead atoms. The fourth-order valence-corrected chi connectivity index (χ4v) is 4.45. The number of phenols is 1. The average Bonchev–Trinajstić information content (AvgIpc) is 2.89. The number of rotatable bonds is 3. The van der Waals surface area contributed by atoms with Crippen LogP contribution in [0.15, 0.2) is 12.2 Å². The van der Waals surface area contributed by atoms with Crippen LogP contribution in [0, 0.1) is 13.8 Å². The quantitative estimate of drug-likeness (QED) is 0.377. The smallest absolute Gasteiger partial charge is 0.348 e. The van der Waals surface area contributed by atoms with E-state index in [1.807, 2.05) is 26.8 Å². The van der Waals surface area contributed by atoms with Crippen LogP contribution in [0.5, 0.6) is 28.7 Å². The van der Waals surface area contributed by atoms with E-state index in [4.69, 9.17) is 37.4 Å². The number of esters is 1. The van der Waals surface area contributed by atoms with Gasteiger partial charge in [0.05, 0.1) is 17.2 Å². The van der Waals surface area contributed by atoms with E-state index in [9.17, 15) is 9.90 Å². The highest BCUT2D eigenvalue weighted by molar-refractivity contribution is 6.35. The van der Waals surface area contributed by atoms with Gasteiger partial charge in [-0.05, 0) is 52.7 Å². The average molecular weight is 463 g/mol. The van der Waals surface area contributed by atoms with Crippen molar-refractivity contribution >= 4 is 40.3 Å². The number of hydrogen-bond donors (Lipinski definition) is 1. The summed E-state index contributed by atoms with van der Waals surface area (Å²) in [5.74, 6) is 0.242. The molecule has 31 heavy (non-hydrogen) atoms. The number of allylic oxidation sites excluding steroid dienone is 4. The Morgan fingerprint density at radius 1 is 0.903 bits per heavy atom. The molecule has 0 radical (unpaired) electrons. The Balaban J connectivity index is 2.50. The molecule has 3 rings (SSSR count). The van der Waals surface area contributed by atoms with Gasteiger partial charge in [0.15, 0.2) is 11.5 Å². The highest BCUT2D eigenvalue weighted by atomic mass is 35.5. The van der Waals surface area contributed by atoms with E-state index in [1.54, 1.807) is 26.8 Å². The van der Waals surface area contributed by atoms with E-state index in [1.165, 1.54) is 7.11 Å². The summed E-state index contributed by atoms with van der Waals surface area (Å²) < 4.78 is 17.6. The second kappa shape index (κ2) is 8.48. The van der Waals surface area contributed by atoms with Crippen LogP contribution < -0.4 is 14.2 Å². The molecule has 1 heterocycles. The van der Waals surface area contributed by atoms with Gasteiger partial charge < -0.3 is 19.3 Å². The van der Waals surface area contributed by atoms with E-state index in [0.29, 0.717) is 38.6 Å². The molecular weight excluding hydrogens is 439 g/mol. The van der Waals surface area contributed by atoms with Gasteiger partial charge in [-0.2, -0.15) is 0 Å². The highest BCUT2D eigenvalue weighted by Gasteiger charge is 2.36. The van der Waals surface area contributed by atoms with Crippen LogP contribution in [-0.4, -0.2) is 18.2 Å². The number of halogens is 2. The van der Waals surface area contributed by atoms with Crippen molar-refractivity contribution in [2.75, 3.05) is 7.11 Å². The minimum Gasteiger partial charge on any atom is -0.506 e. The van der Waals surface area contributed by atoms with Crippen molar-refractivity contribution in [1.82, 2.24) is 0 Å². The predicted molar refractivity (Wildman–Crippen MR) is 124 cm³/mol. The van der Waals surface area contributed by atoms with Crippen LogP contribution in [0.25, 0.3) is 11.1 Å². The third-order valence-corrected chi connectivity index (χ3v) is 6.32. The molecular formula is C24H24Cl2O5. The van der Waals surface area contributed by atoms with Crippen molar-refractivity contribution in [2.24, 2.45) is 0 Å². The van der Waals surface area contributed by atoms with Crippen molar-refractivity contribution in [3.8, 4) is 28.7 Å². The summed E-state index contributed by atoms with van der Waals surface area (Å²) in [7, 11) is 1.50. The Hall–Kier alpha value is -2.63. The molecule has 0 amide bonds. The summed E-state index contributed by atoms with van der Waals surface area (Å²) in [4.78, 5) is 13.4. The molecule has 1 aliphatic rings. The SMILES string of the molecule is CC=C(C)c1c(Cl)c(OC)c(C)c2c1Oc1c(C)c(O)c(Cl)c(C(C)=CC)c1C(=O)O2. The number of benzene rings is 2. The minimum atomic E-state index is -0.647. The molecule has 0 aromatic heterocycles. The second-order valence-electron chi connectivity index (χ2n) is 7.31. The van der Waals surface area contributed by atoms with Crippen molar-refractivity contribution in [3.63, 3.8) is 0 Å². The number of hydrogen-bond acceptors (Lipinski definition) is 5. The van der Waals surface area contributed by atoms with Crippen LogP contribution in [0.1, 0.15) is 60.3 Å². The third-order valence-electron chi connectivity index (χ3n) is 5.60. The molecule has 2 aromatic carbocycles. The number of ether oxygens (including phenoxy) is 3. The molecule has 0 saturated heterocycles. The molecule has 0 spiro atoms. The normalized spacial score (nSPS) is 13.8. The van der Waals surface area contributed by atoms with E-state index in [-0.39, 0.29) is 33.6 Å². The maximum absolute atomic E-state index is 13.4. The zero-order valence-electron chi connectivity index (χ0n) is 18.5. The van der Waals surface area contributed by atoms with Crippen LogP contribution in [-0.2, 0) is 0 Å². The maximum Gasteiger partial charge on any atom is 0.348 e. The molecule has 2 aromatic rings. The van der Waals surface area contributed by atoms with Crippen LogP contribution >= 0.6 is 23.2 Å². The lowest BCUT2D eigenvalue weighted by Crippen LogP contribution is -2.12. The van der Waals surface area contributed by atoms with E-state index in [2.05, 4.69) is 0 Å². The molecule has 1 N–H and O–H groups in total. The monoisotopic (exact) mass is 462 g/mol. The number of carbonyl (C=O) groups excluding carboxylic acids is 1. The van der Waals surface area contributed by atoms with E-state index >= 15 is 0 Å². The second-order valence-corrected chi connectivity index (χ2v) is 8.06. The Morgan fingerprint density at radius 2 is 1.48 bits per heavy atom. The highest BCUT2D eigenvalue weighted by Crippen LogP contribution is 2.54. The number of methoxy groups -OCH3 is 1. The Bertz CT molecular complexity index is 1180. The van der Waals surface area contributed by atoms with Gasteiger partial charge in [-0.1, -0.05) is 35.4 Å². The van der Waals surface area contributed by atoms with Crippen molar-refractivity contribution in [2.45, 2.75) is 41.5 Å². The summed E-state index contributed by atoms with van der Waals surface area (Å²) in [6.07, 6.45) is 3.66. The maximum atomic E-state index is 13.4. The largest absolute Gasteiger partial charge is 0.506 e. The summed E-state index contributed by atoms with van der Waals surface area (Å²) in [6.45, 7) is 10.7. The van der Waals surface area contributed by atoms with Gasteiger partial charge in [-0.3, -0.25) is 0 Å². The first-order valence-electron chi connectivity index (χ1n) is 9.72. The zero-order valence-corrected chi connectivity index (χ0v) is 20.0. The first kappa shape index (κ1) is 23.0. The Kier molecular flexibility index (Phi) is 6.30. The first-order chi connectivity index (χ1) is 14.6. The minimum absolute atomic E-state index is 0.0653. The fraction of sp³-hybridized carbons (Fsp3) is 0.292. The summed E-state index contributed by atoms with van der Waals surface area (Å²) in [6, 6.07) is 0. The van der Waals surface area contributed by atoms with Gasteiger partial charge >= 0.3 is 5.97 Å². The topological polar surface area (TPSA) is 65.0 Å². The van der Waals surface area contributed by atoms with Gasteiger partial charge in [-0.25, -0.2) is 4.79 Å². The standard InChI is InChI=1S/C24H24Cl2O5/c1-8-10(3)14-16-20(12(5)19(27)17(14)25)30-23-15(11(4)9-2)18(26)21(29-7)13(6)22(23)31-24(16)28/h8-9,27H,1-7H3. The Morgan fingerprint density at radius 3 is 2.03 bits per heavy atom. The molecule has 0 unspecified atom stereocenters. The molecule has 1 aliphatic heterocycles. The lowest BCUT2D eigenvalue weighted by Gasteiger charge is -2.20. The summed E-state index contributed by atoms with van der Waals surface area (Å²) >= 11 is 13.1. The lowest BCUT2D eigenvalue weighted by molar-refractivity contribution is 0.0735. The number of fused-ring (bicyclic) bond motifs is 2. The van der Waals surface area contributed by atoms with Gasteiger partial charge in [0, 0.05) is 22.3 Å². The van der Waals surface area contributed by atoms with Gasteiger partial charge in [0.2, 0.25) is 0 Å². The van der Waals surface area contributed by atoms with Gasteiger partial charge in [0.1, 0.15) is 22.8 Å². The number of phenolic OH excluding ortho intramolecular Hbond substituents is 1. The van der Waals surface area contributed by atoms with Crippen molar-refractivity contribution < 1.29 is 24.1 Å². The fourth-order valence-electron chi connectivity index (χ4n) is 3.61. The molecule has 0 atom stereocenters. The lowest BCUT2D eigenvalue weighted by atomic mass is 9.96. The van der Waals surface area contributed by atoms with Gasteiger partial charge in [0.25, 0.3) is 0 Å². The third kappa shape index (κ3) is 3.46. The van der Waals surface area contributed by atoms with Crippen molar-refractivity contribution in [1.29, 1.82) is 0 Å². The van der Waals surface area contributed by atoms with Crippen LogP contribution in [0.2, 0.25) is 10.0 Å². The molecule has 0 saturated carbocycles. The first-order valence-corrected chi connectivity index (χ1v) is 10.5. The molecule has 0 aliphatic carbocycles. The predicted octanol–water partition coefficient (Wildman–Crippen LogP) is 7.50. The zero-order chi connectivity index (χ0) is 23.2. The summed E-state index contributed by atoms with van der Waals surface area (Å²) in [5, 5.41) is 11.1. The Labute approximate surface area is 191 Å². The van der Waals surface area contributed by atoms with Crippen LogP contribution in [0.4, 0.5) is 0 Å². The molecule has 7 heteroatoms. The van der Waals surface area contributed by atoms with E-state index in [0.717, 1.165) is 5.57 Å². The number of carbonyl (C=O) groups is 1. The van der Waals surface area contributed by atoms with Crippen LogP contribution in [0.3, 0.4) is 0 Å². The van der Waals surface area contributed by atoms with Gasteiger partial charge in [-0.15, -0.1) is 0 Å². The molecule has 5 nitrogen and oxygen atoms in total.